The Balaban J connectivity index is 1.14. The zero-order valence-electron chi connectivity index (χ0n) is 21.7. The molecule has 6 rings (SSSR count). The number of hydrogen-bond acceptors (Lipinski definition) is 8. The van der Waals surface area contributed by atoms with Crippen molar-refractivity contribution in [1.29, 1.82) is 0 Å². The van der Waals surface area contributed by atoms with E-state index < -0.39 is 17.7 Å². The lowest BCUT2D eigenvalue weighted by molar-refractivity contribution is -0.137. The van der Waals surface area contributed by atoms with Gasteiger partial charge in [-0.2, -0.15) is 17.6 Å². The second-order valence-corrected chi connectivity index (χ2v) is 10.7. The molecule has 3 unspecified atom stereocenters. The summed E-state index contributed by atoms with van der Waals surface area (Å²) >= 11 is 0. The first-order chi connectivity index (χ1) is 19.2. The molecule has 8 nitrogen and oxygen atoms in total. The highest BCUT2D eigenvalue weighted by atomic mass is 19.4. The maximum atomic E-state index is 13.6. The molecule has 4 heterocycles. The van der Waals surface area contributed by atoms with E-state index in [-0.39, 0.29) is 54.1 Å². The number of carbonyl (C=O) groups is 1. The standard InChI is InChI=1S/C28H29F4N5O3/c29-26-8-16-1-4-24(22(16)11-33-26)40-25-13-37(19-5-6-39-14-19)12-17(25)7-20(38)10-34-27-21-9-18(28(30,31)32)2-3-23(21)35-15-36-27/h2-3,8-9,11,15,17,19,24-25H,1,4-7,10,12-14H2,(H,34,35,36)/t17?,19?,24?,25-/m0/s1. The maximum absolute atomic E-state index is 13.6. The van der Waals surface area contributed by atoms with E-state index in [1.807, 2.05) is 0 Å². The summed E-state index contributed by atoms with van der Waals surface area (Å²) in [6, 6.07) is 4.98. The van der Waals surface area contributed by atoms with E-state index in [0.717, 1.165) is 36.1 Å². The Hall–Kier alpha value is -3.22. The van der Waals surface area contributed by atoms with Gasteiger partial charge in [0.05, 0.1) is 36.4 Å². The van der Waals surface area contributed by atoms with Crippen molar-refractivity contribution in [2.75, 3.05) is 38.2 Å². The summed E-state index contributed by atoms with van der Waals surface area (Å²) in [6.07, 6.45) is 0.471. The minimum atomic E-state index is -4.51. The number of anilines is 1. The van der Waals surface area contributed by atoms with Crippen LogP contribution in [0.25, 0.3) is 10.9 Å². The Bertz CT molecular complexity index is 1400. The topological polar surface area (TPSA) is 89.5 Å². The molecule has 2 aliphatic heterocycles. The van der Waals surface area contributed by atoms with E-state index in [4.69, 9.17) is 9.47 Å². The van der Waals surface area contributed by atoms with Gasteiger partial charge in [0.2, 0.25) is 5.95 Å². The van der Waals surface area contributed by atoms with Gasteiger partial charge in [0, 0.05) is 55.2 Å². The number of rotatable bonds is 8. The molecule has 1 aliphatic carbocycles. The Morgan fingerprint density at radius 3 is 2.83 bits per heavy atom. The van der Waals surface area contributed by atoms with Crippen LogP contribution in [0.5, 0.6) is 0 Å². The molecular formula is C28H29F4N5O3. The fourth-order valence-corrected chi connectivity index (χ4v) is 6.03. The highest BCUT2D eigenvalue weighted by molar-refractivity contribution is 5.91. The summed E-state index contributed by atoms with van der Waals surface area (Å²) < 4.78 is 65.5. The largest absolute Gasteiger partial charge is 0.416 e. The molecule has 1 N–H and O–H groups in total. The fourth-order valence-electron chi connectivity index (χ4n) is 6.03. The maximum Gasteiger partial charge on any atom is 0.416 e. The van der Waals surface area contributed by atoms with Crippen molar-refractivity contribution in [2.45, 2.75) is 50.1 Å². The van der Waals surface area contributed by atoms with Gasteiger partial charge in [-0.05, 0) is 49.1 Å². The van der Waals surface area contributed by atoms with Crippen LogP contribution in [-0.4, -0.2) is 70.6 Å². The average molecular weight is 560 g/mol. The molecule has 12 heteroatoms. The average Bonchev–Trinajstić information content (AvgIpc) is 3.68. The number of aromatic nitrogens is 3. The zero-order chi connectivity index (χ0) is 27.9. The number of halogens is 4. The smallest absolute Gasteiger partial charge is 0.380 e. The Morgan fingerprint density at radius 1 is 1.15 bits per heavy atom. The molecule has 0 bridgehead atoms. The number of hydrogen-bond donors (Lipinski definition) is 1. The van der Waals surface area contributed by atoms with Gasteiger partial charge < -0.3 is 14.8 Å². The van der Waals surface area contributed by atoms with Gasteiger partial charge in [-0.1, -0.05) is 0 Å². The molecule has 2 aromatic heterocycles. The lowest BCUT2D eigenvalue weighted by Crippen LogP contribution is -2.34. The number of likely N-dealkylation sites (tertiary alicyclic amines) is 1. The summed E-state index contributed by atoms with van der Waals surface area (Å²) in [5, 5.41) is 3.13. The van der Waals surface area contributed by atoms with E-state index in [2.05, 4.69) is 25.2 Å². The molecule has 0 radical (unpaired) electrons. The van der Waals surface area contributed by atoms with Gasteiger partial charge in [0.1, 0.15) is 12.1 Å². The number of carbonyl (C=O) groups excluding carboxylic acids is 1. The van der Waals surface area contributed by atoms with Gasteiger partial charge >= 0.3 is 6.18 Å². The van der Waals surface area contributed by atoms with E-state index in [1.54, 1.807) is 6.20 Å². The Kier molecular flexibility index (Phi) is 7.41. The van der Waals surface area contributed by atoms with Crippen LogP contribution < -0.4 is 5.32 Å². The van der Waals surface area contributed by atoms with Crippen LogP contribution in [-0.2, 0) is 26.9 Å². The van der Waals surface area contributed by atoms with Gasteiger partial charge in [-0.15, -0.1) is 0 Å². The SMILES string of the molecule is O=C(CNc1ncnc2ccc(C(F)(F)F)cc12)CC1CN(C2CCOC2)C[C@@H]1OC1CCc2cc(F)ncc21. The van der Waals surface area contributed by atoms with Crippen LogP contribution in [0.3, 0.4) is 0 Å². The molecule has 2 saturated heterocycles. The molecule has 2 fully saturated rings. The lowest BCUT2D eigenvalue weighted by Gasteiger charge is -2.24. The third-order valence-electron chi connectivity index (χ3n) is 8.09. The number of benzene rings is 1. The van der Waals surface area contributed by atoms with Gasteiger partial charge in [0.25, 0.3) is 0 Å². The molecule has 1 aromatic carbocycles. The highest BCUT2D eigenvalue weighted by Crippen LogP contribution is 2.38. The summed E-state index contributed by atoms with van der Waals surface area (Å²) in [6.45, 7) is 2.60. The minimum Gasteiger partial charge on any atom is -0.380 e. The van der Waals surface area contributed by atoms with Gasteiger partial charge in [0.15, 0.2) is 5.78 Å². The number of fused-ring (bicyclic) bond motifs is 2. The van der Waals surface area contributed by atoms with Crippen molar-refractivity contribution >= 4 is 22.5 Å². The number of pyridine rings is 1. The van der Waals surface area contributed by atoms with E-state index in [0.29, 0.717) is 38.2 Å². The fraction of sp³-hybridized carbons (Fsp3) is 0.500. The monoisotopic (exact) mass is 559 g/mol. The normalized spacial score (nSPS) is 25.0. The van der Waals surface area contributed by atoms with Crippen LogP contribution in [0.1, 0.15) is 42.1 Å². The molecule has 40 heavy (non-hydrogen) atoms. The van der Waals surface area contributed by atoms with Crippen molar-refractivity contribution in [2.24, 2.45) is 5.92 Å². The van der Waals surface area contributed by atoms with Crippen LogP contribution in [0, 0.1) is 11.9 Å². The Morgan fingerprint density at radius 2 is 2.02 bits per heavy atom. The predicted molar refractivity (Wildman–Crippen MR) is 137 cm³/mol. The van der Waals surface area contributed by atoms with Gasteiger partial charge in [-0.3, -0.25) is 9.69 Å². The van der Waals surface area contributed by atoms with Gasteiger partial charge in [-0.25, -0.2) is 15.0 Å². The van der Waals surface area contributed by atoms with Crippen LogP contribution in [0.2, 0.25) is 0 Å². The second-order valence-electron chi connectivity index (χ2n) is 10.7. The predicted octanol–water partition coefficient (Wildman–Crippen LogP) is 4.35. The first-order valence-corrected chi connectivity index (χ1v) is 13.4. The Labute approximate surface area is 228 Å². The summed E-state index contributed by atoms with van der Waals surface area (Å²) in [4.78, 5) is 27.4. The molecule has 3 aromatic rings. The number of nitrogens with one attached hydrogen (secondary N) is 1. The third kappa shape index (κ3) is 5.65. The lowest BCUT2D eigenvalue weighted by atomic mass is 9.98. The summed E-state index contributed by atoms with van der Waals surface area (Å²) in [7, 11) is 0. The molecule has 0 saturated carbocycles. The van der Waals surface area contributed by atoms with Crippen LogP contribution in [0.4, 0.5) is 23.4 Å². The van der Waals surface area contributed by atoms with E-state index >= 15 is 0 Å². The van der Waals surface area contributed by atoms with Crippen molar-refractivity contribution in [3.05, 3.63) is 59.4 Å². The van der Waals surface area contributed by atoms with E-state index in [9.17, 15) is 22.4 Å². The van der Waals surface area contributed by atoms with E-state index in [1.165, 1.54) is 18.5 Å². The molecule has 212 valence electrons. The number of nitrogens with zero attached hydrogens (tertiary/aromatic N) is 4. The van der Waals surface area contributed by atoms with Crippen LogP contribution in [0.15, 0.2) is 36.8 Å². The first kappa shape index (κ1) is 27.0. The minimum absolute atomic E-state index is 0.0775. The van der Waals surface area contributed by atoms with Crippen molar-refractivity contribution in [3.63, 3.8) is 0 Å². The van der Waals surface area contributed by atoms with Crippen molar-refractivity contribution < 1.29 is 31.8 Å². The van der Waals surface area contributed by atoms with Crippen molar-refractivity contribution in [3.8, 4) is 0 Å². The number of ketones is 1. The van der Waals surface area contributed by atoms with Crippen molar-refractivity contribution in [1.82, 2.24) is 19.9 Å². The number of alkyl halides is 3. The highest BCUT2D eigenvalue weighted by Gasteiger charge is 2.41. The molecular weight excluding hydrogens is 530 g/mol. The summed E-state index contributed by atoms with van der Waals surface area (Å²) in [5.41, 5.74) is 1.34. The molecule has 4 atom stereocenters. The second kappa shape index (κ2) is 11.0. The third-order valence-corrected chi connectivity index (χ3v) is 8.09. The quantitative estimate of drug-likeness (QED) is 0.322. The molecule has 0 spiro atoms. The molecule has 3 aliphatic rings. The first-order valence-electron chi connectivity index (χ1n) is 13.4. The number of aryl methyl sites for hydroxylation is 1. The molecule has 0 amide bonds. The zero-order valence-corrected chi connectivity index (χ0v) is 21.7. The number of Topliss-reactive ketones (excluding diaryl/α,β-unsaturated/α-hetero) is 1. The number of ether oxygens (including phenoxy) is 2. The summed E-state index contributed by atoms with van der Waals surface area (Å²) in [5.74, 6) is -0.505. The van der Waals surface area contributed by atoms with Crippen LogP contribution >= 0.6 is 0 Å².